The van der Waals surface area contributed by atoms with Crippen LogP contribution in [-0.2, 0) is 19.1 Å². The van der Waals surface area contributed by atoms with Crippen molar-refractivity contribution in [3.8, 4) is 0 Å². The number of carbonyl (C=O) groups excluding carboxylic acids is 2. The normalized spacial score (nSPS) is 30.6. The lowest BCUT2D eigenvalue weighted by atomic mass is 9.75. The molecule has 0 spiro atoms. The number of carboxylic acid groups (broad SMARTS) is 1. The number of hydrogen-bond donors (Lipinski definition) is 2. The lowest BCUT2D eigenvalue weighted by Crippen LogP contribution is -2.52. The zero-order valence-corrected chi connectivity index (χ0v) is 23.5. The van der Waals surface area contributed by atoms with E-state index in [0.29, 0.717) is 43.1 Å². The minimum Gasteiger partial charge on any atom is -0.480 e. The number of nitrogens with zero attached hydrogens (tertiary/aromatic N) is 1. The molecule has 0 radical (unpaired) electrons. The van der Waals surface area contributed by atoms with Crippen LogP contribution in [0.2, 0.25) is 0 Å². The van der Waals surface area contributed by atoms with Crippen LogP contribution in [0.25, 0.3) is 0 Å². The van der Waals surface area contributed by atoms with Gasteiger partial charge in [-0.25, -0.2) is 4.79 Å². The van der Waals surface area contributed by atoms with E-state index in [1.807, 2.05) is 30.3 Å². The smallest absolute Gasteiger partial charge is 0.326 e. The van der Waals surface area contributed by atoms with Crippen molar-refractivity contribution in [2.75, 3.05) is 6.54 Å². The van der Waals surface area contributed by atoms with E-state index in [0.717, 1.165) is 37.7 Å². The highest BCUT2D eigenvalue weighted by atomic mass is 16.5. The number of esters is 1. The van der Waals surface area contributed by atoms with Crippen LogP contribution in [0.15, 0.2) is 30.3 Å². The fraction of sp³-hybridized carbons (Fsp3) is 0.710. The molecule has 2 aliphatic carbocycles. The van der Waals surface area contributed by atoms with Gasteiger partial charge in [-0.05, 0) is 81.2 Å². The Bertz CT molecular complexity index is 966. The summed E-state index contributed by atoms with van der Waals surface area (Å²) < 4.78 is 6.22. The van der Waals surface area contributed by atoms with Crippen molar-refractivity contribution in [1.29, 1.82) is 0 Å². The summed E-state index contributed by atoms with van der Waals surface area (Å²) in [6.07, 6.45) is 7.09. The molecule has 1 saturated heterocycles. The molecule has 0 bridgehead atoms. The van der Waals surface area contributed by atoms with Crippen LogP contribution in [0.3, 0.4) is 0 Å². The van der Waals surface area contributed by atoms with E-state index in [1.165, 1.54) is 6.42 Å². The highest BCUT2D eigenvalue weighted by Gasteiger charge is 2.49. The second-order valence-electron chi connectivity index (χ2n) is 12.3. The molecule has 4 rings (SSSR count). The second kappa shape index (κ2) is 12.6. The van der Waals surface area contributed by atoms with E-state index < -0.39 is 24.0 Å². The maximum Gasteiger partial charge on any atom is 0.326 e. The molecule has 3 fully saturated rings. The number of ether oxygens (including phenoxy) is 1. The molecule has 1 heterocycles. The molecule has 1 amide bonds. The molecule has 1 aromatic carbocycles. The third-order valence-corrected chi connectivity index (χ3v) is 9.35. The van der Waals surface area contributed by atoms with Crippen molar-refractivity contribution < 1.29 is 24.2 Å². The van der Waals surface area contributed by atoms with E-state index in [9.17, 15) is 19.5 Å². The lowest BCUT2D eigenvalue weighted by molar-refractivity contribution is -0.158. The van der Waals surface area contributed by atoms with E-state index in [2.05, 4.69) is 26.1 Å². The summed E-state index contributed by atoms with van der Waals surface area (Å²) in [7, 11) is 0. The fourth-order valence-electron chi connectivity index (χ4n) is 7.17. The number of aliphatic carboxylic acids is 1. The van der Waals surface area contributed by atoms with Crippen LogP contribution in [-0.4, -0.2) is 58.6 Å². The summed E-state index contributed by atoms with van der Waals surface area (Å²) >= 11 is 0. The molecule has 7 nitrogen and oxygen atoms in total. The van der Waals surface area contributed by atoms with Gasteiger partial charge in [-0.1, -0.05) is 63.9 Å². The van der Waals surface area contributed by atoms with Gasteiger partial charge >= 0.3 is 11.9 Å². The molecule has 7 heteroatoms. The van der Waals surface area contributed by atoms with Crippen LogP contribution in [0.1, 0.15) is 90.5 Å². The van der Waals surface area contributed by atoms with Crippen LogP contribution >= 0.6 is 0 Å². The topological polar surface area (TPSA) is 95.9 Å². The van der Waals surface area contributed by atoms with Crippen molar-refractivity contribution in [3.63, 3.8) is 0 Å². The summed E-state index contributed by atoms with van der Waals surface area (Å²) in [5.74, 6) is 0.000852. The Balaban J connectivity index is 1.40. The summed E-state index contributed by atoms with van der Waals surface area (Å²) in [5, 5.41) is 13.0. The molecule has 8 atom stereocenters. The van der Waals surface area contributed by atoms with E-state index >= 15 is 0 Å². The Kier molecular flexibility index (Phi) is 9.50. The first-order valence-corrected chi connectivity index (χ1v) is 14.7. The van der Waals surface area contributed by atoms with E-state index in [4.69, 9.17) is 4.74 Å². The van der Waals surface area contributed by atoms with Gasteiger partial charge in [-0.2, -0.15) is 0 Å². The van der Waals surface area contributed by atoms with Crippen molar-refractivity contribution in [1.82, 2.24) is 10.2 Å². The van der Waals surface area contributed by atoms with Gasteiger partial charge in [-0.15, -0.1) is 0 Å². The number of hydrogen-bond acceptors (Lipinski definition) is 5. The Morgan fingerprint density at radius 2 is 1.79 bits per heavy atom. The number of benzene rings is 1. The highest BCUT2D eigenvalue weighted by Crippen LogP contribution is 2.41. The van der Waals surface area contributed by atoms with Gasteiger partial charge in [0, 0.05) is 6.04 Å². The summed E-state index contributed by atoms with van der Waals surface area (Å²) in [6, 6.07) is 8.52. The monoisotopic (exact) mass is 526 g/mol. The standard InChI is InChI=1S/C31H46N2O5/c1-19(2)24-14-13-20(3)17-28(24)38-31(37)25(22-9-6-5-7-10-22)15-16-32-21(4)29(34)33-26-12-8-11-23(26)18-27(33)30(35)36/h5-7,9-10,19-21,23-28,32H,8,11-18H2,1-4H3,(H,35,36)/t20?,21-,23-,24?,25?,26-,27-,28?/m0/s1. The molecule has 1 aromatic rings. The average Bonchev–Trinajstić information content (AvgIpc) is 3.48. The largest absolute Gasteiger partial charge is 0.480 e. The zero-order chi connectivity index (χ0) is 27.4. The number of likely N-dealkylation sites (tertiary alicyclic amines) is 1. The molecular formula is C31H46N2O5. The average molecular weight is 527 g/mol. The lowest BCUT2D eigenvalue weighted by Gasteiger charge is -2.37. The van der Waals surface area contributed by atoms with E-state index in [-0.39, 0.29) is 24.0 Å². The first-order valence-electron chi connectivity index (χ1n) is 14.7. The summed E-state index contributed by atoms with van der Waals surface area (Å²) in [5.41, 5.74) is 0.919. The van der Waals surface area contributed by atoms with Crippen molar-refractivity contribution in [3.05, 3.63) is 35.9 Å². The number of rotatable bonds is 10. The number of amides is 1. The minimum absolute atomic E-state index is 0.0340. The van der Waals surface area contributed by atoms with Gasteiger partial charge in [0.25, 0.3) is 0 Å². The maximum atomic E-state index is 13.6. The predicted molar refractivity (Wildman–Crippen MR) is 147 cm³/mol. The van der Waals surface area contributed by atoms with Gasteiger partial charge in [0.05, 0.1) is 12.0 Å². The van der Waals surface area contributed by atoms with Gasteiger partial charge < -0.3 is 20.1 Å². The van der Waals surface area contributed by atoms with Crippen LogP contribution in [0.4, 0.5) is 0 Å². The molecular weight excluding hydrogens is 480 g/mol. The van der Waals surface area contributed by atoms with Crippen molar-refractivity contribution >= 4 is 17.8 Å². The molecule has 38 heavy (non-hydrogen) atoms. The van der Waals surface area contributed by atoms with Gasteiger partial charge in [0.1, 0.15) is 12.1 Å². The zero-order valence-electron chi connectivity index (χ0n) is 23.5. The third-order valence-electron chi connectivity index (χ3n) is 9.35. The molecule has 2 saturated carbocycles. The fourth-order valence-corrected chi connectivity index (χ4v) is 7.17. The van der Waals surface area contributed by atoms with Crippen LogP contribution in [0.5, 0.6) is 0 Å². The minimum atomic E-state index is -0.913. The van der Waals surface area contributed by atoms with Gasteiger partial charge in [0.15, 0.2) is 0 Å². The second-order valence-corrected chi connectivity index (χ2v) is 12.3. The van der Waals surface area contributed by atoms with E-state index in [1.54, 1.807) is 11.8 Å². The SMILES string of the molecule is CC1CCC(C(C)C)C(OC(=O)C(CCN[C@@H](C)C(=O)N2[C@H](C(=O)O)C[C@@H]3CCC[C@@H]32)c2ccccc2)C1. The van der Waals surface area contributed by atoms with Crippen LogP contribution in [0, 0.1) is 23.7 Å². The van der Waals surface area contributed by atoms with Crippen molar-refractivity contribution in [2.45, 2.75) is 109 Å². The molecule has 1 aliphatic heterocycles. The molecule has 4 unspecified atom stereocenters. The number of fused-ring (bicyclic) bond motifs is 1. The summed E-state index contributed by atoms with van der Waals surface area (Å²) in [4.78, 5) is 40.5. The molecule has 2 N–H and O–H groups in total. The molecule has 210 valence electrons. The Morgan fingerprint density at radius 1 is 1.05 bits per heavy atom. The third kappa shape index (κ3) is 6.41. The number of carboxylic acids is 1. The first-order chi connectivity index (χ1) is 18.2. The van der Waals surface area contributed by atoms with Crippen molar-refractivity contribution in [2.24, 2.45) is 23.7 Å². The molecule has 3 aliphatic rings. The quantitative estimate of drug-likeness (QED) is 0.417. The van der Waals surface area contributed by atoms with Gasteiger partial charge in [0.2, 0.25) is 5.91 Å². The first kappa shape index (κ1) is 28.6. The number of nitrogens with one attached hydrogen (secondary N) is 1. The number of carbonyl (C=O) groups is 3. The Morgan fingerprint density at radius 3 is 2.47 bits per heavy atom. The summed E-state index contributed by atoms with van der Waals surface area (Å²) in [6.45, 7) is 8.91. The van der Waals surface area contributed by atoms with Crippen LogP contribution < -0.4 is 5.32 Å². The highest BCUT2D eigenvalue weighted by molar-refractivity contribution is 5.88. The Labute approximate surface area is 227 Å². The predicted octanol–water partition coefficient (Wildman–Crippen LogP) is 5.00. The molecule has 0 aromatic heterocycles. The van der Waals surface area contributed by atoms with Gasteiger partial charge in [-0.3, -0.25) is 9.59 Å². The Hall–Kier alpha value is -2.41. The maximum absolute atomic E-state index is 13.6.